The van der Waals surface area contributed by atoms with Crippen LogP contribution in [0.3, 0.4) is 0 Å². The first-order chi connectivity index (χ1) is 16.2. The molecule has 182 valence electrons. The molecular formula is C29H43NO3. The lowest BCUT2D eigenvalue weighted by atomic mass is 9.84. The van der Waals surface area contributed by atoms with Gasteiger partial charge in [-0.15, -0.1) is 0 Å². The average Bonchev–Trinajstić information content (AvgIpc) is 2.86. The second-order valence-corrected chi connectivity index (χ2v) is 9.50. The summed E-state index contributed by atoms with van der Waals surface area (Å²) in [7, 11) is 0. The minimum Gasteiger partial charge on any atom is -0.491 e. The van der Waals surface area contributed by atoms with Crippen molar-refractivity contribution in [1.29, 1.82) is 0 Å². The van der Waals surface area contributed by atoms with Crippen LogP contribution in [0.5, 0.6) is 11.5 Å². The highest BCUT2D eigenvalue weighted by atomic mass is 16.7. The van der Waals surface area contributed by atoms with Crippen molar-refractivity contribution in [2.45, 2.75) is 90.4 Å². The molecule has 1 fully saturated rings. The van der Waals surface area contributed by atoms with Gasteiger partial charge in [-0.3, -0.25) is 0 Å². The summed E-state index contributed by atoms with van der Waals surface area (Å²) in [6, 6.07) is 16.6. The van der Waals surface area contributed by atoms with E-state index in [2.05, 4.69) is 38.1 Å². The summed E-state index contributed by atoms with van der Waals surface area (Å²) < 4.78 is 18.3. The van der Waals surface area contributed by atoms with E-state index >= 15 is 0 Å². The van der Waals surface area contributed by atoms with Crippen LogP contribution in [0.1, 0.15) is 88.7 Å². The van der Waals surface area contributed by atoms with Crippen LogP contribution in [-0.2, 0) is 11.3 Å². The van der Waals surface area contributed by atoms with Gasteiger partial charge in [0, 0.05) is 13.0 Å². The fraction of sp³-hybridized carbons (Fsp3) is 0.586. The average molecular weight is 454 g/mol. The van der Waals surface area contributed by atoms with E-state index in [0.717, 1.165) is 29.4 Å². The lowest BCUT2D eigenvalue weighted by molar-refractivity contribution is -0.0981. The van der Waals surface area contributed by atoms with Gasteiger partial charge in [-0.05, 0) is 60.1 Å². The number of nitrogens with two attached hydrogens (primary N) is 1. The van der Waals surface area contributed by atoms with Crippen molar-refractivity contribution in [2.24, 2.45) is 11.7 Å². The second-order valence-electron chi connectivity index (χ2n) is 9.50. The van der Waals surface area contributed by atoms with Crippen molar-refractivity contribution < 1.29 is 14.2 Å². The van der Waals surface area contributed by atoms with E-state index in [0.29, 0.717) is 25.7 Å². The zero-order chi connectivity index (χ0) is 23.3. The Morgan fingerprint density at radius 3 is 2.27 bits per heavy atom. The Morgan fingerprint density at radius 2 is 1.61 bits per heavy atom. The predicted octanol–water partition coefficient (Wildman–Crippen LogP) is 7.21. The molecule has 3 rings (SSSR count). The summed E-state index contributed by atoms with van der Waals surface area (Å²) in [5, 5.41) is 0. The Labute approximate surface area is 200 Å². The Balaban J connectivity index is 1.46. The van der Waals surface area contributed by atoms with E-state index in [-0.39, 0.29) is 6.29 Å². The van der Waals surface area contributed by atoms with Gasteiger partial charge in [0.05, 0.1) is 6.61 Å². The lowest BCUT2D eigenvalue weighted by Gasteiger charge is -2.23. The zero-order valence-corrected chi connectivity index (χ0v) is 20.6. The summed E-state index contributed by atoms with van der Waals surface area (Å²) in [4.78, 5) is 0. The van der Waals surface area contributed by atoms with E-state index in [4.69, 9.17) is 19.9 Å². The molecule has 0 aromatic heterocycles. The van der Waals surface area contributed by atoms with Gasteiger partial charge in [0.1, 0.15) is 18.1 Å². The highest BCUT2D eigenvalue weighted by molar-refractivity contribution is 5.30. The SMILES string of the molecule is CCCCC(C)CC(OCCOc1ccc(C2CCCCC2)cc1)Oc1ccc(CN)cc1. The molecule has 0 saturated heterocycles. The Bertz CT molecular complexity index is 768. The first-order valence-corrected chi connectivity index (χ1v) is 13.0. The molecule has 2 atom stereocenters. The van der Waals surface area contributed by atoms with Gasteiger partial charge in [0.25, 0.3) is 0 Å². The molecule has 0 radical (unpaired) electrons. The Hall–Kier alpha value is -2.04. The second kappa shape index (κ2) is 14.3. The monoisotopic (exact) mass is 453 g/mol. The molecule has 2 aromatic carbocycles. The smallest absolute Gasteiger partial charge is 0.200 e. The van der Waals surface area contributed by atoms with Gasteiger partial charge in [-0.2, -0.15) is 0 Å². The van der Waals surface area contributed by atoms with Gasteiger partial charge in [0.2, 0.25) is 0 Å². The maximum Gasteiger partial charge on any atom is 0.200 e. The Kier molecular flexibility index (Phi) is 11.1. The zero-order valence-electron chi connectivity index (χ0n) is 20.6. The molecule has 0 spiro atoms. The number of hydrogen-bond donors (Lipinski definition) is 1. The number of hydrogen-bond acceptors (Lipinski definition) is 4. The predicted molar refractivity (Wildman–Crippen MR) is 136 cm³/mol. The summed E-state index contributed by atoms with van der Waals surface area (Å²) in [5.74, 6) is 3.00. The van der Waals surface area contributed by atoms with Crippen molar-refractivity contribution >= 4 is 0 Å². The number of rotatable bonds is 14. The van der Waals surface area contributed by atoms with Crippen LogP contribution in [0.4, 0.5) is 0 Å². The molecule has 0 bridgehead atoms. The lowest BCUT2D eigenvalue weighted by Crippen LogP contribution is -2.25. The summed E-state index contributed by atoms with van der Waals surface area (Å²) >= 11 is 0. The van der Waals surface area contributed by atoms with Crippen LogP contribution < -0.4 is 15.2 Å². The van der Waals surface area contributed by atoms with E-state index in [1.54, 1.807) is 0 Å². The standard InChI is InChI=1S/C29H43NO3/c1-3-4-8-23(2)21-29(33-28-15-11-24(22-30)12-16-28)32-20-19-31-27-17-13-26(14-18-27)25-9-6-5-7-10-25/h11-18,23,25,29H,3-10,19-22,30H2,1-2H3. The molecule has 1 aliphatic carbocycles. The molecule has 4 heteroatoms. The summed E-state index contributed by atoms with van der Waals surface area (Å²) in [6.07, 6.45) is 11.0. The van der Waals surface area contributed by atoms with Crippen molar-refractivity contribution in [1.82, 2.24) is 0 Å². The highest BCUT2D eigenvalue weighted by Gasteiger charge is 2.17. The van der Waals surface area contributed by atoms with Gasteiger partial charge >= 0.3 is 0 Å². The van der Waals surface area contributed by atoms with E-state index in [1.165, 1.54) is 56.9 Å². The third-order valence-corrected chi connectivity index (χ3v) is 6.68. The van der Waals surface area contributed by atoms with Crippen LogP contribution in [0.2, 0.25) is 0 Å². The molecule has 2 aromatic rings. The van der Waals surface area contributed by atoms with Crippen molar-refractivity contribution in [3.05, 3.63) is 59.7 Å². The first-order valence-electron chi connectivity index (χ1n) is 13.0. The van der Waals surface area contributed by atoms with Crippen LogP contribution in [0, 0.1) is 5.92 Å². The van der Waals surface area contributed by atoms with Crippen molar-refractivity contribution in [2.75, 3.05) is 13.2 Å². The fourth-order valence-corrected chi connectivity index (χ4v) is 4.62. The fourth-order valence-electron chi connectivity index (χ4n) is 4.62. The summed E-state index contributed by atoms with van der Waals surface area (Å²) in [5.41, 5.74) is 8.26. The third-order valence-electron chi connectivity index (χ3n) is 6.68. The third kappa shape index (κ3) is 9.02. The molecule has 2 N–H and O–H groups in total. The number of ether oxygens (including phenoxy) is 3. The Morgan fingerprint density at radius 1 is 0.909 bits per heavy atom. The van der Waals surface area contributed by atoms with Gasteiger partial charge < -0.3 is 19.9 Å². The van der Waals surface area contributed by atoms with Gasteiger partial charge in [-0.1, -0.05) is 76.6 Å². The van der Waals surface area contributed by atoms with Crippen LogP contribution in [0.25, 0.3) is 0 Å². The van der Waals surface area contributed by atoms with E-state index in [1.807, 2.05) is 24.3 Å². The quantitative estimate of drug-likeness (QED) is 0.242. The maximum atomic E-state index is 6.18. The minimum absolute atomic E-state index is 0.280. The molecule has 1 aliphatic rings. The molecule has 4 nitrogen and oxygen atoms in total. The van der Waals surface area contributed by atoms with Crippen molar-refractivity contribution in [3.63, 3.8) is 0 Å². The van der Waals surface area contributed by atoms with Gasteiger partial charge in [-0.25, -0.2) is 0 Å². The van der Waals surface area contributed by atoms with Crippen LogP contribution in [0.15, 0.2) is 48.5 Å². The van der Waals surface area contributed by atoms with Gasteiger partial charge in [0.15, 0.2) is 6.29 Å². The highest BCUT2D eigenvalue weighted by Crippen LogP contribution is 2.33. The first kappa shape index (κ1) is 25.6. The van der Waals surface area contributed by atoms with Crippen LogP contribution in [-0.4, -0.2) is 19.5 Å². The molecule has 1 saturated carbocycles. The molecule has 33 heavy (non-hydrogen) atoms. The summed E-state index contributed by atoms with van der Waals surface area (Å²) in [6.45, 7) is 6.05. The van der Waals surface area contributed by atoms with E-state index < -0.39 is 0 Å². The molecule has 0 heterocycles. The van der Waals surface area contributed by atoms with Crippen LogP contribution >= 0.6 is 0 Å². The minimum atomic E-state index is -0.280. The number of benzene rings is 2. The molecule has 0 amide bonds. The molecule has 2 unspecified atom stereocenters. The normalized spacial score (nSPS) is 16.3. The van der Waals surface area contributed by atoms with Crippen molar-refractivity contribution in [3.8, 4) is 11.5 Å². The molecule has 0 aliphatic heterocycles. The topological polar surface area (TPSA) is 53.7 Å². The molecular weight excluding hydrogens is 410 g/mol. The van der Waals surface area contributed by atoms with E-state index in [9.17, 15) is 0 Å². The number of unbranched alkanes of at least 4 members (excludes halogenated alkanes) is 1. The largest absolute Gasteiger partial charge is 0.491 e. The maximum absolute atomic E-state index is 6.18.